The molecule has 1 aromatic carbocycles. The second kappa shape index (κ2) is 5.58. The summed E-state index contributed by atoms with van der Waals surface area (Å²) in [5.41, 5.74) is -0.650. The lowest BCUT2D eigenvalue weighted by Crippen LogP contribution is -2.37. The number of nitrogens with zero attached hydrogens (tertiary/aromatic N) is 1. The van der Waals surface area contributed by atoms with Crippen molar-refractivity contribution in [3.63, 3.8) is 0 Å². The fourth-order valence-electron chi connectivity index (χ4n) is 1.74. The molecule has 0 aliphatic rings. The van der Waals surface area contributed by atoms with E-state index in [-0.39, 0.29) is 11.3 Å². The lowest BCUT2D eigenvalue weighted by molar-refractivity contribution is 0.101. The SMILES string of the molecule is CC(=O)c1cccc(NC(=O)c2c[nH]c(=O)n(C)c2=O)c1. The molecule has 108 valence electrons. The Morgan fingerprint density at radius 2 is 1.95 bits per heavy atom. The summed E-state index contributed by atoms with van der Waals surface area (Å²) in [6.07, 6.45) is 1.06. The third-order valence-corrected chi connectivity index (χ3v) is 2.95. The first-order chi connectivity index (χ1) is 9.90. The van der Waals surface area contributed by atoms with Crippen molar-refractivity contribution in [1.29, 1.82) is 0 Å². The number of H-pyrrole nitrogens is 1. The minimum absolute atomic E-state index is 0.133. The van der Waals surface area contributed by atoms with Crippen LogP contribution in [0.3, 0.4) is 0 Å². The lowest BCUT2D eigenvalue weighted by atomic mass is 10.1. The Morgan fingerprint density at radius 1 is 1.24 bits per heavy atom. The maximum atomic E-state index is 12.0. The molecule has 0 fully saturated rings. The first-order valence-electron chi connectivity index (χ1n) is 6.11. The molecule has 0 aliphatic carbocycles. The Morgan fingerprint density at radius 3 is 2.62 bits per heavy atom. The molecule has 0 spiro atoms. The summed E-state index contributed by atoms with van der Waals surface area (Å²) in [5, 5.41) is 2.51. The molecular weight excluding hydrogens is 274 g/mol. The highest BCUT2D eigenvalue weighted by molar-refractivity contribution is 6.04. The van der Waals surface area contributed by atoms with Gasteiger partial charge in [0.05, 0.1) is 0 Å². The molecule has 1 heterocycles. The molecule has 1 amide bonds. The van der Waals surface area contributed by atoms with Gasteiger partial charge in [-0.05, 0) is 19.1 Å². The van der Waals surface area contributed by atoms with Gasteiger partial charge in [0.1, 0.15) is 5.56 Å². The van der Waals surface area contributed by atoms with E-state index in [0.29, 0.717) is 11.3 Å². The minimum Gasteiger partial charge on any atom is -0.322 e. The zero-order valence-corrected chi connectivity index (χ0v) is 11.5. The van der Waals surface area contributed by atoms with E-state index in [4.69, 9.17) is 0 Å². The van der Waals surface area contributed by atoms with E-state index in [0.717, 1.165) is 10.8 Å². The van der Waals surface area contributed by atoms with Gasteiger partial charge in [-0.3, -0.25) is 19.0 Å². The Labute approximate surface area is 119 Å². The van der Waals surface area contributed by atoms with E-state index in [1.807, 2.05) is 0 Å². The van der Waals surface area contributed by atoms with Crippen LogP contribution in [0.15, 0.2) is 40.1 Å². The van der Waals surface area contributed by atoms with Gasteiger partial charge in [-0.2, -0.15) is 0 Å². The summed E-state index contributed by atoms with van der Waals surface area (Å²) >= 11 is 0. The van der Waals surface area contributed by atoms with Crippen LogP contribution < -0.4 is 16.6 Å². The topological polar surface area (TPSA) is 101 Å². The average Bonchev–Trinajstić information content (AvgIpc) is 2.45. The zero-order chi connectivity index (χ0) is 15.6. The molecule has 7 nitrogen and oxygen atoms in total. The first-order valence-corrected chi connectivity index (χ1v) is 6.11. The van der Waals surface area contributed by atoms with Gasteiger partial charge in [-0.25, -0.2) is 4.79 Å². The number of Topliss-reactive ketones (excluding diaryl/α,β-unsaturated/α-hetero) is 1. The Bertz CT molecular complexity index is 833. The third kappa shape index (κ3) is 2.97. The molecule has 0 saturated heterocycles. The van der Waals surface area contributed by atoms with Crippen molar-refractivity contribution < 1.29 is 9.59 Å². The van der Waals surface area contributed by atoms with Crippen LogP contribution in [0, 0.1) is 0 Å². The summed E-state index contributed by atoms with van der Waals surface area (Å²) in [4.78, 5) is 48.7. The Kier molecular flexibility index (Phi) is 3.84. The highest BCUT2D eigenvalue weighted by Crippen LogP contribution is 2.11. The van der Waals surface area contributed by atoms with Crippen molar-refractivity contribution >= 4 is 17.4 Å². The zero-order valence-electron chi connectivity index (χ0n) is 11.5. The number of rotatable bonds is 3. The van der Waals surface area contributed by atoms with E-state index < -0.39 is 17.2 Å². The summed E-state index contributed by atoms with van der Waals surface area (Å²) in [7, 11) is 1.27. The summed E-state index contributed by atoms with van der Waals surface area (Å²) in [6, 6.07) is 6.35. The maximum absolute atomic E-state index is 12.0. The maximum Gasteiger partial charge on any atom is 0.328 e. The molecule has 2 aromatic rings. The normalized spacial score (nSPS) is 10.2. The smallest absolute Gasteiger partial charge is 0.322 e. The molecule has 1 aromatic heterocycles. The number of aromatic amines is 1. The van der Waals surface area contributed by atoms with Gasteiger partial charge < -0.3 is 10.3 Å². The van der Waals surface area contributed by atoms with Crippen molar-refractivity contribution in [2.24, 2.45) is 7.05 Å². The molecule has 21 heavy (non-hydrogen) atoms. The van der Waals surface area contributed by atoms with Crippen molar-refractivity contribution in [2.75, 3.05) is 5.32 Å². The Hall–Kier alpha value is -2.96. The lowest BCUT2D eigenvalue weighted by Gasteiger charge is -2.06. The third-order valence-electron chi connectivity index (χ3n) is 2.95. The van der Waals surface area contributed by atoms with Crippen molar-refractivity contribution in [2.45, 2.75) is 6.92 Å². The molecule has 0 aliphatic heterocycles. The largest absolute Gasteiger partial charge is 0.328 e. The van der Waals surface area contributed by atoms with E-state index in [1.54, 1.807) is 18.2 Å². The number of ketones is 1. The quantitative estimate of drug-likeness (QED) is 0.804. The van der Waals surface area contributed by atoms with Gasteiger partial charge in [0.2, 0.25) is 0 Å². The van der Waals surface area contributed by atoms with Gasteiger partial charge in [0.15, 0.2) is 5.78 Å². The van der Waals surface area contributed by atoms with Crippen LogP contribution in [0.4, 0.5) is 5.69 Å². The second-order valence-corrected chi connectivity index (χ2v) is 4.46. The predicted molar refractivity (Wildman–Crippen MR) is 76.7 cm³/mol. The molecule has 0 radical (unpaired) electrons. The van der Waals surface area contributed by atoms with Gasteiger partial charge >= 0.3 is 5.69 Å². The predicted octanol–water partition coefficient (Wildman–Crippen LogP) is 0.529. The van der Waals surface area contributed by atoms with Crippen LogP contribution in [0.2, 0.25) is 0 Å². The number of aromatic nitrogens is 2. The van der Waals surface area contributed by atoms with Gasteiger partial charge in [-0.1, -0.05) is 12.1 Å². The fraction of sp³-hybridized carbons (Fsp3) is 0.143. The van der Waals surface area contributed by atoms with E-state index in [2.05, 4.69) is 10.3 Å². The van der Waals surface area contributed by atoms with Crippen LogP contribution in [0.5, 0.6) is 0 Å². The molecular formula is C14H13N3O4. The molecule has 0 atom stereocenters. The van der Waals surface area contributed by atoms with Crippen LogP contribution in [-0.2, 0) is 7.05 Å². The van der Waals surface area contributed by atoms with E-state index >= 15 is 0 Å². The molecule has 0 saturated carbocycles. The van der Waals surface area contributed by atoms with Gasteiger partial charge in [0, 0.05) is 24.5 Å². The van der Waals surface area contributed by atoms with E-state index in [9.17, 15) is 19.2 Å². The number of carbonyl (C=O) groups is 2. The minimum atomic E-state index is -0.695. The molecule has 0 unspecified atom stereocenters. The first kappa shape index (κ1) is 14.4. The van der Waals surface area contributed by atoms with Gasteiger partial charge in [-0.15, -0.1) is 0 Å². The van der Waals surface area contributed by atoms with Crippen LogP contribution in [0.1, 0.15) is 27.6 Å². The number of carbonyl (C=O) groups excluding carboxylic acids is 2. The number of amides is 1. The number of benzene rings is 1. The van der Waals surface area contributed by atoms with Crippen molar-refractivity contribution in [3.8, 4) is 0 Å². The summed E-state index contributed by atoms with van der Waals surface area (Å²) in [6.45, 7) is 1.42. The highest BCUT2D eigenvalue weighted by Gasteiger charge is 2.13. The van der Waals surface area contributed by atoms with Crippen LogP contribution in [0.25, 0.3) is 0 Å². The van der Waals surface area contributed by atoms with Crippen LogP contribution >= 0.6 is 0 Å². The second-order valence-electron chi connectivity index (χ2n) is 4.46. The average molecular weight is 287 g/mol. The number of hydrogen-bond donors (Lipinski definition) is 2. The summed E-state index contributed by atoms with van der Waals surface area (Å²) in [5.74, 6) is -0.793. The standard InChI is InChI=1S/C14H13N3O4/c1-8(18)9-4-3-5-10(6-9)16-12(19)11-7-15-14(21)17(2)13(11)20/h3-7H,1-2H3,(H,15,21)(H,16,19). The number of nitrogens with one attached hydrogen (secondary N) is 2. The Balaban J connectivity index is 2.33. The molecule has 2 N–H and O–H groups in total. The number of hydrogen-bond acceptors (Lipinski definition) is 4. The number of anilines is 1. The highest BCUT2D eigenvalue weighted by atomic mass is 16.2. The fourth-order valence-corrected chi connectivity index (χ4v) is 1.74. The summed E-state index contributed by atoms with van der Waals surface area (Å²) < 4.78 is 0.806. The van der Waals surface area contributed by atoms with Crippen LogP contribution in [-0.4, -0.2) is 21.2 Å². The molecule has 2 rings (SSSR count). The monoisotopic (exact) mass is 287 g/mol. The molecule has 7 heteroatoms. The van der Waals surface area contributed by atoms with Gasteiger partial charge in [0.25, 0.3) is 11.5 Å². The van der Waals surface area contributed by atoms with Crippen molar-refractivity contribution in [3.05, 3.63) is 62.4 Å². The van der Waals surface area contributed by atoms with E-state index in [1.165, 1.54) is 20.0 Å². The molecule has 0 bridgehead atoms. The van der Waals surface area contributed by atoms with Crippen molar-refractivity contribution in [1.82, 2.24) is 9.55 Å².